The van der Waals surface area contributed by atoms with Gasteiger partial charge in [-0.05, 0) is 30.2 Å². The predicted octanol–water partition coefficient (Wildman–Crippen LogP) is -0.00250. The van der Waals surface area contributed by atoms with Gasteiger partial charge in [0.1, 0.15) is 0 Å². The Kier molecular flexibility index (Phi) is 2.52. The third kappa shape index (κ3) is 1.60. The summed E-state index contributed by atoms with van der Waals surface area (Å²) in [5, 5.41) is 1.23. The van der Waals surface area contributed by atoms with Crippen molar-refractivity contribution in [3.63, 3.8) is 0 Å². The second kappa shape index (κ2) is 3.85. The summed E-state index contributed by atoms with van der Waals surface area (Å²) in [6.45, 7) is 5.69. The second-order valence-corrected chi connectivity index (χ2v) is 3.87. The SMILES string of the molecule is C=c1c2c([nH]c(=O)/c1=C(/C)N)C=CC=CC2. The van der Waals surface area contributed by atoms with Crippen LogP contribution in [0.1, 0.15) is 18.2 Å². The summed E-state index contributed by atoms with van der Waals surface area (Å²) in [7, 11) is 0. The molecular weight excluding hydrogens is 200 g/mol. The third-order valence-corrected chi connectivity index (χ3v) is 2.69. The first kappa shape index (κ1) is 10.5. The Morgan fingerprint density at radius 1 is 1.50 bits per heavy atom. The van der Waals surface area contributed by atoms with E-state index in [1.807, 2.05) is 24.3 Å². The summed E-state index contributed by atoms with van der Waals surface area (Å²) in [6, 6.07) is 0. The topological polar surface area (TPSA) is 58.9 Å². The number of hydrogen-bond acceptors (Lipinski definition) is 2. The summed E-state index contributed by atoms with van der Waals surface area (Å²) in [5.74, 6) is 0. The van der Waals surface area contributed by atoms with E-state index in [0.717, 1.165) is 22.9 Å². The van der Waals surface area contributed by atoms with E-state index in [-0.39, 0.29) is 5.56 Å². The lowest BCUT2D eigenvalue weighted by atomic mass is 10.1. The average Bonchev–Trinajstić information content (AvgIpc) is 2.42. The Hall–Kier alpha value is -2.03. The number of hydrogen-bond donors (Lipinski definition) is 2. The molecule has 0 aromatic carbocycles. The molecule has 1 aromatic heterocycles. The van der Waals surface area contributed by atoms with E-state index in [1.165, 1.54) is 0 Å². The summed E-state index contributed by atoms with van der Waals surface area (Å²) < 4.78 is 0. The van der Waals surface area contributed by atoms with Gasteiger partial charge in [0.25, 0.3) is 5.56 Å². The first-order chi connectivity index (χ1) is 7.61. The molecule has 1 aromatic rings. The molecule has 0 saturated heterocycles. The molecule has 1 heterocycles. The average molecular weight is 214 g/mol. The van der Waals surface area contributed by atoms with Gasteiger partial charge in [0, 0.05) is 11.4 Å². The van der Waals surface area contributed by atoms with Gasteiger partial charge in [-0.25, -0.2) is 0 Å². The number of aromatic nitrogens is 1. The van der Waals surface area contributed by atoms with Gasteiger partial charge in [-0.15, -0.1) is 0 Å². The van der Waals surface area contributed by atoms with Crippen LogP contribution in [-0.2, 0) is 6.42 Å². The van der Waals surface area contributed by atoms with Crippen molar-refractivity contribution in [1.29, 1.82) is 0 Å². The minimum Gasteiger partial charge on any atom is -0.402 e. The van der Waals surface area contributed by atoms with Gasteiger partial charge in [0.2, 0.25) is 0 Å². The number of nitrogens with one attached hydrogen (secondary N) is 1. The highest BCUT2D eigenvalue weighted by Gasteiger charge is 2.06. The smallest absolute Gasteiger partial charge is 0.258 e. The van der Waals surface area contributed by atoms with Crippen LogP contribution in [0.2, 0.25) is 0 Å². The maximum absolute atomic E-state index is 11.8. The van der Waals surface area contributed by atoms with E-state index in [0.29, 0.717) is 10.9 Å². The minimum atomic E-state index is -0.171. The molecular formula is C13H14N2O. The monoisotopic (exact) mass is 214 g/mol. The van der Waals surface area contributed by atoms with E-state index >= 15 is 0 Å². The van der Waals surface area contributed by atoms with Gasteiger partial charge in [-0.3, -0.25) is 4.79 Å². The maximum atomic E-state index is 11.8. The molecule has 3 heteroatoms. The molecule has 0 spiro atoms. The molecule has 0 atom stereocenters. The molecule has 1 aliphatic rings. The van der Waals surface area contributed by atoms with Crippen LogP contribution in [0.5, 0.6) is 0 Å². The standard InChI is InChI=1S/C13H14N2O/c1-8-10-6-4-3-5-7-11(10)15-13(16)12(8)9(2)14/h3-5,7H,1,6,14H2,2H3,(H,15,16)/b12-9-. The quantitative estimate of drug-likeness (QED) is 0.638. The van der Waals surface area contributed by atoms with Gasteiger partial charge in [-0.2, -0.15) is 0 Å². The first-order valence-corrected chi connectivity index (χ1v) is 5.15. The zero-order chi connectivity index (χ0) is 11.7. The molecule has 0 bridgehead atoms. The number of aromatic amines is 1. The largest absolute Gasteiger partial charge is 0.402 e. The molecule has 0 radical (unpaired) electrons. The van der Waals surface area contributed by atoms with E-state index in [1.54, 1.807) is 6.92 Å². The second-order valence-electron chi connectivity index (χ2n) is 3.87. The fourth-order valence-corrected chi connectivity index (χ4v) is 1.92. The Morgan fingerprint density at radius 2 is 2.25 bits per heavy atom. The molecule has 0 unspecified atom stereocenters. The number of allylic oxidation sites excluding steroid dienone is 3. The molecule has 0 fully saturated rings. The van der Waals surface area contributed by atoms with Crippen molar-refractivity contribution in [2.45, 2.75) is 13.3 Å². The minimum absolute atomic E-state index is 0.171. The van der Waals surface area contributed by atoms with Crippen LogP contribution in [0.15, 0.2) is 23.0 Å². The van der Waals surface area contributed by atoms with Gasteiger partial charge < -0.3 is 10.7 Å². The fraction of sp³-hybridized carbons (Fsp3) is 0.154. The molecule has 3 N–H and O–H groups in total. The van der Waals surface area contributed by atoms with E-state index in [9.17, 15) is 4.79 Å². The molecule has 0 aliphatic heterocycles. The lowest BCUT2D eigenvalue weighted by molar-refractivity contribution is 1.08. The molecule has 2 rings (SSSR count). The number of rotatable bonds is 0. The lowest BCUT2D eigenvalue weighted by Gasteiger charge is -2.04. The van der Waals surface area contributed by atoms with Crippen molar-refractivity contribution in [1.82, 2.24) is 4.98 Å². The normalized spacial score (nSPS) is 15.6. The summed E-state index contributed by atoms with van der Waals surface area (Å²) >= 11 is 0. The van der Waals surface area contributed by atoms with Crippen LogP contribution in [0.4, 0.5) is 0 Å². The van der Waals surface area contributed by atoms with Crippen LogP contribution < -0.4 is 21.7 Å². The number of H-pyrrole nitrogens is 1. The molecule has 0 saturated carbocycles. The van der Waals surface area contributed by atoms with E-state index in [2.05, 4.69) is 11.6 Å². The van der Waals surface area contributed by atoms with Gasteiger partial charge in [0.05, 0.1) is 5.22 Å². The Morgan fingerprint density at radius 3 is 2.94 bits per heavy atom. The maximum Gasteiger partial charge on any atom is 0.258 e. The highest BCUT2D eigenvalue weighted by atomic mass is 16.1. The summed E-state index contributed by atoms with van der Waals surface area (Å²) in [5.41, 5.74) is 7.90. The van der Waals surface area contributed by atoms with E-state index < -0.39 is 0 Å². The van der Waals surface area contributed by atoms with Gasteiger partial charge in [0.15, 0.2) is 0 Å². The molecule has 1 aliphatic carbocycles. The Balaban J connectivity index is 2.95. The van der Waals surface area contributed by atoms with Crippen molar-refractivity contribution < 1.29 is 0 Å². The van der Waals surface area contributed by atoms with E-state index in [4.69, 9.17) is 5.73 Å². The lowest BCUT2D eigenvalue weighted by Crippen LogP contribution is -2.45. The number of nitrogens with two attached hydrogens (primary N) is 1. The van der Waals surface area contributed by atoms with Crippen molar-refractivity contribution in [3.8, 4) is 0 Å². The molecule has 16 heavy (non-hydrogen) atoms. The summed E-state index contributed by atoms with van der Waals surface area (Å²) in [6.07, 6.45) is 8.53. The van der Waals surface area contributed by atoms with Gasteiger partial charge >= 0.3 is 0 Å². The highest BCUT2D eigenvalue weighted by Crippen LogP contribution is 2.06. The van der Waals surface area contributed by atoms with Crippen molar-refractivity contribution in [2.24, 2.45) is 5.73 Å². The van der Waals surface area contributed by atoms with Gasteiger partial charge in [-0.1, -0.05) is 24.8 Å². The fourth-order valence-electron chi connectivity index (χ4n) is 1.92. The Labute approximate surface area is 93.3 Å². The Bertz CT molecular complexity index is 644. The van der Waals surface area contributed by atoms with Crippen LogP contribution in [0.25, 0.3) is 18.4 Å². The number of pyridine rings is 1. The highest BCUT2D eigenvalue weighted by molar-refractivity contribution is 5.55. The molecule has 3 nitrogen and oxygen atoms in total. The first-order valence-electron chi connectivity index (χ1n) is 5.15. The predicted molar refractivity (Wildman–Crippen MR) is 67.0 cm³/mol. The number of fused-ring (bicyclic) bond motifs is 1. The van der Waals surface area contributed by atoms with Crippen LogP contribution >= 0.6 is 0 Å². The van der Waals surface area contributed by atoms with Crippen molar-refractivity contribution >= 4 is 18.4 Å². The van der Waals surface area contributed by atoms with Crippen LogP contribution in [0.3, 0.4) is 0 Å². The zero-order valence-electron chi connectivity index (χ0n) is 9.21. The third-order valence-electron chi connectivity index (χ3n) is 2.69. The van der Waals surface area contributed by atoms with Crippen molar-refractivity contribution in [2.75, 3.05) is 0 Å². The van der Waals surface area contributed by atoms with Crippen LogP contribution in [-0.4, -0.2) is 4.98 Å². The molecule has 82 valence electrons. The van der Waals surface area contributed by atoms with Crippen molar-refractivity contribution in [3.05, 3.63) is 50.3 Å². The van der Waals surface area contributed by atoms with Crippen LogP contribution in [0, 0.1) is 0 Å². The molecule has 0 amide bonds. The summed E-state index contributed by atoms with van der Waals surface area (Å²) in [4.78, 5) is 14.7. The zero-order valence-corrected chi connectivity index (χ0v) is 9.21.